The van der Waals surface area contributed by atoms with Gasteiger partial charge in [0, 0.05) is 31.7 Å². The number of hydrogen-bond acceptors (Lipinski definition) is 5. The number of carbonyl (C=O) groups is 1. The number of sulfonamides is 1. The largest absolute Gasteiger partial charge is 0.495 e. The Labute approximate surface area is 202 Å². The summed E-state index contributed by atoms with van der Waals surface area (Å²) in [4.78, 5) is 14.2. The zero-order chi connectivity index (χ0) is 24.3. The number of piperazine rings is 1. The van der Waals surface area contributed by atoms with E-state index < -0.39 is 26.6 Å². The number of halogens is 2. The van der Waals surface area contributed by atoms with Crippen LogP contribution in [0.3, 0.4) is 0 Å². The molecule has 178 valence electrons. The molecule has 0 bridgehead atoms. The first kappa shape index (κ1) is 24.0. The fourth-order valence-electron chi connectivity index (χ4n) is 3.80. The van der Waals surface area contributed by atoms with Crippen molar-refractivity contribution in [2.24, 2.45) is 0 Å². The van der Waals surface area contributed by atoms with Crippen molar-refractivity contribution >= 4 is 38.9 Å². The molecule has 34 heavy (non-hydrogen) atoms. The van der Waals surface area contributed by atoms with E-state index in [2.05, 4.69) is 5.32 Å². The van der Waals surface area contributed by atoms with E-state index in [1.54, 1.807) is 31.4 Å². The van der Waals surface area contributed by atoms with Gasteiger partial charge < -0.3 is 15.0 Å². The Hall–Kier alpha value is -3.14. The summed E-state index contributed by atoms with van der Waals surface area (Å²) >= 11 is 6.07. The first-order chi connectivity index (χ1) is 16.3. The molecule has 1 fully saturated rings. The van der Waals surface area contributed by atoms with E-state index in [1.165, 1.54) is 10.4 Å². The zero-order valence-corrected chi connectivity index (χ0v) is 19.9. The molecule has 10 heteroatoms. The average Bonchev–Trinajstić information content (AvgIpc) is 2.85. The Morgan fingerprint density at radius 2 is 1.68 bits per heavy atom. The first-order valence-electron chi connectivity index (χ1n) is 10.5. The molecule has 3 aromatic rings. The maximum atomic E-state index is 14.6. The van der Waals surface area contributed by atoms with Gasteiger partial charge in [-0.2, -0.15) is 4.31 Å². The fourth-order valence-corrected chi connectivity index (χ4v) is 5.49. The van der Waals surface area contributed by atoms with Crippen molar-refractivity contribution in [1.29, 1.82) is 0 Å². The molecular weight excluding hydrogens is 481 g/mol. The van der Waals surface area contributed by atoms with Gasteiger partial charge in [-0.25, -0.2) is 12.8 Å². The number of methoxy groups -OCH3 is 1. The molecule has 1 N–H and O–H groups in total. The Morgan fingerprint density at radius 1 is 1.00 bits per heavy atom. The number of rotatable bonds is 6. The molecule has 1 amide bonds. The minimum atomic E-state index is -4.16. The number of para-hydroxylation sites is 3. The number of carbonyl (C=O) groups excluding carboxylic acids is 1. The lowest BCUT2D eigenvalue weighted by molar-refractivity contribution is 0.102. The Balaban J connectivity index is 1.52. The highest BCUT2D eigenvalue weighted by Crippen LogP contribution is 2.30. The number of nitrogens with one attached hydrogen (secondary N) is 1. The number of nitrogens with zero attached hydrogens (tertiary/aromatic N) is 2. The van der Waals surface area contributed by atoms with Crippen molar-refractivity contribution in [2.75, 3.05) is 43.5 Å². The van der Waals surface area contributed by atoms with Crippen molar-refractivity contribution in [3.8, 4) is 5.75 Å². The van der Waals surface area contributed by atoms with E-state index in [-0.39, 0.29) is 18.7 Å². The molecule has 0 aromatic heterocycles. The van der Waals surface area contributed by atoms with E-state index in [0.717, 1.165) is 17.8 Å². The van der Waals surface area contributed by atoms with Crippen molar-refractivity contribution < 1.29 is 22.3 Å². The second kappa shape index (κ2) is 10.0. The SMILES string of the molecule is COc1ccccc1N1CCN(S(=O)(=O)c2cc(C(=O)Nc3ccccc3Cl)ccc2F)CC1. The predicted molar refractivity (Wildman–Crippen MR) is 130 cm³/mol. The van der Waals surface area contributed by atoms with Crippen molar-refractivity contribution in [2.45, 2.75) is 4.90 Å². The summed E-state index contributed by atoms with van der Waals surface area (Å²) in [7, 11) is -2.58. The predicted octanol–water partition coefficient (Wildman–Crippen LogP) is 4.25. The van der Waals surface area contributed by atoms with Gasteiger partial charge in [0.05, 0.1) is 23.5 Å². The van der Waals surface area contributed by atoms with Crippen LogP contribution < -0.4 is 15.0 Å². The lowest BCUT2D eigenvalue weighted by atomic mass is 10.2. The molecule has 7 nitrogen and oxygen atoms in total. The quantitative estimate of drug-likeness (QED) is 0.544. The molecule has 0 saturated carbocycles. The minimum Gasteiger partial charge on any atom is -0.495 e. The molecule has 1 saturated heterocycles. The second-order valence-electron chi connectivity index (χ2n) is 7.64. The first-order valence-corrected chi connectivity index (χ1v) is 12.4. The van der Waals surface area contributed by atoms with Gasteiger partial charge in [-0.1, -0.05) is 35.9 Å². The maximum absolute atomic E-state index is 14.6. The highest BCUT2D eigenvalue weighted by Gasteiger charge is 2.32. The summed E-state index contributed by atoms with van der Waals surface area (Å²) in [5.41, 5.74) is 1.24. The van der Waals surface area contributed by atoms with E-state index in [0.29, 0.717) is 29.5 Å². The number of ether oxygens (including phenoxy) is 1. The Kier molecular flexibility index (Phi) is 7.06. The molecule has 3 aromatic carbocycles. The molecule has 0 unspecified atom stereocenters. The fraction of sp³-hybridized carbons (Fsp3) is 0.208. The summed E-state index contributed by atoms with van der Waals surface area (Å²) in [5, 5.41) is 2.95. The van der Waals surface area contributed by atoms with E-state index in [9.17, 15) is 17.6 Å². The van der Waals surface area contributed by atoms with Crippen LogP contribution >= 0.6 is 11.6 Å². The molecule has 0 atom stereocenters. The minimum absolute atomic E-state index is 0.00699. The summed E-state index contributed by atoms with van der Waals surface area (Å²) in [6.07, 6.45) is 0. The molecule has 0 radical (unpaired) electrons. The number of anilines is 2. The molecule has 4 rings (SSSR count). The van der Waals surface area contributed by atoms with Crippen LogP contribution in [0.5, 0.6) is 5.75 Å². The van der Waals surface area contributed by atoms with Gasteiger partial charge >= 0.3 is 0 Å². The van der Waals surface area contributed by atoms with Crippen LogP contribution in [0.1, 0.15) is 10.4 Å². The Bertz CT molecular complexity index is 1310. The van der Waals surface area contributed by atoms with Gasteiger partial charge in [-0.15, -0.1) is 0 Å². The third-order valence-corrected chi connectivity index (χ3v) is 7.84. The highest BCUT2D eigenvalue weighted by molar-refractivity contribution is 7.89. The van der Waals surface area contributed by atoms with Gasteiger partial charge in [0.2, 0.25) is 10.0 Å². The van der Waals surface area contributed by atoms with Crippen LogP contribution in [0.25, 0.3) is 0 Å². The van der Waals surface area contributed by atoms with Crippen molar-refractivity contribution in [3.63, 3.8) is 0 Å². The van der Waals surface area contributed by atoms with Crippen LogP contribution in [0, 0.1) is 5.82 Å². The van der Waals surface area contributed by atoms with Gasteiger partial charge in [0.15, 0.2) is 0 Å². The number of hydrogen-bond donors (Lipinski definition) is 1. The normalized spacial score (nSPS) is 14.6. The monoisotopic (exact) mass is 503 g/mol. The second-order valence-corrected chi connectivity index (χ2v) is 9.96. The van der Waals surface area contributed by atoms with Crippen molar-refractivity contribution in [1.82, 2.24) is 4.31 Å². The van der Waals surface area contributed by atoms with Crippen LogP contribution in [0.15, 0.2) is 71.6 Å². The average molecular weight is 504 g/mol. The summed E-state index contributed by atoms with van der Waals surface area (Å²) in [5.74, 6) is -0.811. The van der Waals surface area contributed by atoms with Crippen molar-refractivity contribution in [3.05, 3.63) is 83.1 Å². The van der Waals surface area contributed by atoms with E-state index in [4.69, 9.17) is 16.3 Å². The lowest BCUT2D eigenvalue weighted by Crippen LogP contribution is -2.48. The number of amides is 1. The Morgan fingerprint density at radius 3 is 2.38 bits per heavy atom. The molecule has 1 aliphatic rings. The molecular formula is C24H23ClFN3O4S. The lowest BCUT2D eigenvalue weighted by Gasteiger charge is -2.36. The summed E-state index contributed by atoms with van der Waals surface area (Å²) in [6.45, 7) is 1.15. The zero-order valence-electron chi connectivity index (χ0n) is 18.4. The molecule has 0 aliphatic carbocycles. The standard InChI is InChI=1S/C24H23ClFN3O4S/c1-33-22-9-5-4-8-21(22)28-12-14-29(15-13-28)34(31,32)23-16-17(10-11-19(23)26)24(30)27-20-7-3-2-6-18(20)25/h2-11,16H,12-15H2,1H3,(H,27,30). The summed E-state index contributed by atoms with van der Waals surface area (Å²) in [6, 6.07) is 17.4. The molecule has 1 heterocycles. The van der Waals surface area contributed by atoms with Gasteiger partial charge in [0.1, 0.15) is 16.5 Å². The van der Waals surface area contributed by atoms with Crippen LogP contribution in [0.4, 0.5) is 15.8 Å². The number of benzene rings is 3. The molecule has 1 aliphatic heterocycles. The van der Waals surface area contributed by atoms with Crippen LogP contribution in [0.2, 0.25) is 5.02 Å². The topological polar surface area (TPSA) is 79.0 Å². The van der Waals surface area contributed by atoms with E-state index in [1.807, 2.05) is 29.2 Å². The summed E-state index contributed by atoms with van der Waals surface area (Å²) < 4.78 is 47.8. The van der Waals surface area contributed by atoms with Gasteiger partial charge in [-0.05, 0) is 42.5 Å². The maximum Gasteiger partial charge on any atom is 0.255 e. The molecule has 0 spiro atoms. The third-order valence-electron chi connectivity index (χ3n) is 5.60. The van der Waals surface area contributed by atoms with Crippen LogP contribution in [-0.4, -0.2) is 51.9 Å². The third kappa shape index (κ3) is 4.86. The van der Waals surface area contributed by atoms with Gasteiger partial charge in [0.25, 0.3) is 5.91 Å². The van der Waals surface area contributed by atoms with Gasteiger partial charge in [-0.3, -0.25) is 4.79 Å². The smallest absolute Gasteiger partial charge is 0.255 e. The highest BCUT2D eigenvalue weighted by atomic mass is 35.5. The van der Waals surface area contributed by atoms with E-state index >= 15 is 0 Å². The van der Waals surface area contributed by atoms with Crippen LogP contribution in [-0.2, 0) is 10.0 Å².